The minimum Gasteiger partial charge on any atom is -0.508 e. The Hall–Kier alpha value is -1.50. The zero-order valence-corrected chi connectivity index (χ0v) is 15.3. The van der Waals surface area contributed by atoms with E-state index in [2.05, 4.69) is 0 Å². The highest BCUT2D eigenvalue weighted by Gasteiger charge is 2.43. The summed E-state index contributed by atoms with van der Waals surface area (Å²) in [6, 6.07) is 2.91. The molecule has 2 aliphatic rings. The van der Waals surface area contributed by atoms with E-state index in [1.54, 1.807) is 11.8 Å². The van der Waals surface area contributed by atoms with Crippen molar-refractivity contribution < 1.29 is 19.8 Å². The lowest BCUT2D eigenvalue weighted by Gasteiger charge is -2.37. The highest BCUT2D eigenvalue weighted by atomic mass is 35.5. The Morgan fingerprint density at radius 2 is 2.08 bits per heavy atom. The first-order valence-corrected chi connectivity index (χ1v) is 8.95. The first-order chi connectivity index (χ1) is 11.8. The molecule has 3 rings (SSSR count). The van der Waals surface area contributed by atoms with Crippen molar-refractivity contribution in [1.82, 2.24) is 9.80 Å². The molecule has 2 saturated heterocycles. The number of rotatable bonds is 3. The number of carbonyl (C=O) groups is 2. The van der Waals surface area contributed by atoms with Crippen LogP contribution in [0.25, 0.3) is 0 Å². The largest absolute Gasteiger partial charge is 0.508 e. The number of phenols is 1. The third kappa shape index (κ3) is 3.57. The highest BCUT2D eigenvalue weighted by Crippen LogP contribution is 2.43. The molecule has 0 saturated carbocycles. The Labute approximate surface area is 155 Å². The molecule has 2 N–H and O–H groups in total. The lowest BCUT2D eigenvalue weighted by atomic mass is 9.95. The van der Waals surface area contributed by atoms with Gasteiger partial charge in [0.1, 0.15) is 5.75 Å². The molecular formula is C17H20Cl2N2O4. The maximum atomic E-state index is 12.4. The second kappa shape index (κ2) is 7.02. The quantitative estimate of drug-likeness (QED) is 0.832. The molecule has 0 bridgehead atoms. The van der Waals surface area contributed by atoms with Gasteiger partial charge in [-0.25, -0.2) is 0 Å². The summed E-state index contributed by atoms with van der Waals surface area (Å²) in [4.78, 5) is 27.8. The van der Waals surface area contributed by atoms with Gasteiger partial charge in [-0.2, -0.15) is 0 Å². The molecule has 0 aliphatic carbocycles. The van der Waals surface area contributed by atoms with Crippen LogP contribution in [0.1, 0.15) is 31.2 Å². The fourth-order valence-electron chi connectivity index (χ4n) is 3.69. The SMILES string of the molecule is C[C@@H](O)CC(=O)N1CC(=O)N2C[C@@H](c3c(O)ccc(Cl)c3Cl)C[C@H]2C1. The van der Waals surface area contributed by atoms with E-state index in [0.29, 0.717) is 35.1 Å². The molecule has 2 amide bonds. The van der Waals surface area contributed by atoms with Crippen molar-refractivity contribution in [2.45, 2.75) is 37.8 Å². The number of nitrogens with zero attached hydrogens (tertiary/aromatic N) is 2. The fraction of sp³-hybridized carbons (Fsp3) is 0.529. The number of benzene rings is 1. The maximum absolute atomic E-state index is 12.4. The van der Waals surface area contributed by atoms with Crippen molar-refractivity contribution in [3.05, 3.63) is 27.7 Å². The van der Waals surface area contributed by atoms with Crippen LogP contribution in [0.5, 0.6) is 5.75 Å². The van der Waals surface area contributed by atoms with E-state index >= 15 is 0 Å². The molecule has 1 aromatic carbocycles. The number of amides is 2. The molecular weight excluding hydrogens is 367 g/mol. The number of fused-ring (bicyclic) bond motifs is 1. The van der Waals surface area contributed by atoms with Crippen LogP contribution in [-0.2, 0) is 9.59 Å². The van der Waals surface area contributed by atoms with Crippen LogP contribution in [0.3, 0.4) is 0 Å². The van der Waals surface area contributed by atoms with Gasteiger partial charge in [-0.1, -0.05) is 23.2 Å². The van der Waals surface area contributed by atoms with E-state index in [-0.39, 0.29) is 42.5 Å². The Kier molecular flexibility index (Phi) is 5.14. The minimum atomic E-state index is -0.737. The van der Waals surface area contributed by atoms with E-state index in [1.807, 2.05) is 0 Å². The van der Waals surface area contributed by atoms with Gasteiger partial charge >= 0.3 is 0 Å². The molecule has 3 atom stereocenters. The summed E-state index contributed by atoms with van der Waals surface area (Å²) in [6.45, 7) is 2.43. The molecule has 25 heavy (non-hydrogen) atoms. The summed E-state index contributed by atoms with van der Waals surface area (Å²) in [5.41, 5.74) is 0.554. The molecule has 2 fully saturated rings. The number of phenolic OH excluding ortho intramolecular Hbond substituents is 1. The number of hydrogen-bond donors (Lipinski definition) is 2. The first-order valence-electron chi connectivity index (χ1n) is 8.20. The molecule has 2 heterocycles. The Morgan fingerprint density at radius 1 is 1.36 bits per heavy atom. The van der Waals surface area contributed by atoms with Gasteiger partial charge in [0.15, 0.2) is 0 Å². The molecule has 0 unspecified atom stereocenters. The average Bonchev–Trinajstić information content (AvgIpc) is 2.95. The summed E-state index contributed by atoms with van der Waals surface area (Å²) >= 11 is 12.3. The molecule has 0 aromatic heterocycles. The van der Waals surface area contributed by atoms with Gasteiger partial charge in [-0.3, -0.25) is 9.59 Å². The highest BCUT2D eigenvalue weighted by molar-refractivity contribution is 6.42. The number of aromatic hydroxyl groups is 1. The van der Waals surface area contributed by atoms with E-state index in [4.69, 9.17) is 23.2 Å². The van der Waals surface area contributed by atoms with Crippen LogP contribution in [0.4, 0.5) is 0 Å². The van der Waals surface area contributed by atoms with Crippen LogP contribution in [-0.4, -0.2) is 63.6 Å². The lowest BCUT2D eigenvalue weighted by Crippen LogP contribution is -2.55. The first kappa shape index (κ1) is 18.3. The number of halogens is 2. The smallest absolute Gasteiger partial charge is 0.242 e. The van der Waals surface area contributed by atoms with Crippen LogP contribution >= 0.6 is 23.2 Å². The zero-order chi connectivity index (χ0) is 18.3. The number of aliphatic hydroxyl groups excluding tert-OH is 1. The summed E-state index contributed by atoms with van der Waals surface area (Å²) < 4.78 is 0. The number of carbonyl (C=O) groups excluding carboxylic acids is 2. The predicted octanol–water partition coefficient (Wildman–Crippen LogP) is 2.00. The summed E-state index contributed by atoms with van der Waals surface area (Å²) in [7, 11) is 0. The normalized spacial score (nSPS) is 24.4. The monoisotopic (exact) mass is 386 g/mol. The van der Waals surface area contributed by atoms with E-state index in [1.165, 1.54) is 17.0 Å². The number of hydrogen-bond acceptors (Lipinski definition) is 4. The minimum absolute atomic E-state index is 0.00430. The standard InChI is InChI=1S/C17H20Cl2N2O4/c1-9(22)4-14(24)20-7-11-5-10(6-21(11)15(25)8-20)16-13(23)3-2-12(18)17(16)19/h2-3,9-11,22-23H,4-8H2,1H3/t9-,10+,11+/m1/s1. The molecule has 0 radical (unpaired) electrons. The van der Waals surface area contributed by atoms with Gasteiger partial charge in [-0.05, 0) is 25.5 Å². The van der Waals surface area contributed by atoms with Crippen molar-refractivity contribution in [3.63, 3.8) is 0 Å². The van der Waals surface area contributed by atoms with Gasteiger partial charge in [0.05, 0.1) is 35.2 Å². The molecule has 0 spiro atoms. The second-order valence-electron chi connectivity index (χ2n) is 6.75. The van der Waals surface area contributed by atoms with Crippen molar-refractivity contribution >= 4 is 35.0 Å². The van der Waals surface area contributed by atoms with Crippen molar-refractivity contribution in [1.29, 1.82) is 0 Å². The van der Waals surface area contributed by atoms with Gasteiger partial charge in [0, 0.05) is 24.6 Å². The third-order valence-electron chi connectivity index (χ3n) is 4.83. The van der Waals surface area contributed by atoms with Crippen molar-refractivity contribution in [3.8, 4) is 5.75 Å². The Balaban J connectivity index is 1.79. The van der Waals surface area contributed by atoms with Gasteiger partial charge in [-0.15, -0.1) is 0 Å². The summed E-state index contributed by atoms with van der Waals surface area (Å²) in [6.07, 6.45) is -0.138. The van der Waals surface area contributed by atoms with Crippen molar-refractivity contribution in [2.75, 3.05) is 19.6 Å². The molecule has 2 aliphatic heterocycles. The lowest BCUT2D eigenvalue weighted by molar-refractivity contribution is -0.147. The van der Waals surface area contributed by atoms with Crippen LogP contribution in [0.15, 0.2) is 12.1 Å². The second-order valence-corrected chi connectivity index (χ2v) is 7.54. The summed E-state index contributed by atoms with van der Waals surface area (Å²) in [5.74, 6) is -0.425. The number of aliphatic hydroxyl groups is 1. The van der Waals surface area contributed by atoms with Crippen molar-refractivity contribution in [2.24, 2.45) is 0 Å². The molecule has 1 aromatic rings. The number of piperazine rings is 1. The van der Waals surface area contributed by atoms with Crippen LogP contribution < -0.4 is 0 Å². The van der Waals surface area contributed by atoms with Crippen LogP contribution in [0.2, 0.25) is 10.0 Å². The Morgan fingerprint density at radius 3 is 2.76 bits per heavy atom. The van der Waals surface area contributed by atoms with E-state index in [0.717, 1.165) is 0 Å². The molecule has 136 valence electrons. The molecule has 8 heteroatoms. The van der Waals surface area contributed by atoms with Gasteiger partial charge in [0.2, 0.25) is 11.8 Å². The summed E-state index contributed by atoms with van der Waals surface area (Å²) in [5, 5.41) is 20.2. The van der Waals surface area contributed by atoms with E-state index < -0.39 is 6.10 Å². The fourth-order valence-corrected chi connectivity index (χ4v) is 4.17. The maximum Gasteiger partial charge on any atom is 0.242 e. The third-order valence-corrected chi connectivity index (χ3v) is 5.65. The zero-order valence-electron chi connectivity index (χ0n) is 13.8. The average molecular weight is 387 g/mol. The van der Waals surface area contributed by atoms with Crippen LogP contribution in [0, 0.1) is 0 Å². The topological polar surface area (TPSA) is 81.1 Å². The van der Waals surface area contributed by atoms with Gasteiger partial charge in [0.25, 0.3) is 0 Å². The van der Waals surface area contributed by atoms with E-state index in [9.17, 15) is 19.8 Å². The predicted molar refractivity (Wildman–Crippen MR) is 93.9 cm³/mol. The van der Waals surface area contributed by atoms with Gasteiger partial charge < -0.3 is 20.0 Å². The Bertz CT molecular complexity index is 710. The molecule has 6 nitrogen and oxygen atoms in total.